The fourth-order valence-electron chi connectivity index (χ4n) is 1.87. The summed E-state index contributed by atoms with van der Waals surface area (Å²) in [4.78, 5) is 5.58. The molecule has 0 aliphatic heterocycles. The second-order valence-corrected chi connectivity index (χ2v) is 4.26. The van der Waals surface area contributed by atoms with Crippen LogP contribution in [0.25, 0.3) is 0 Å². The first-order valence-corrected chi connectivity index (χ1v) is 6.36. The second-order valence-electron chi connectivity index (χ2n) is 4.26. The van der Waals surface area contributed by atoms with Gasteiger partial charge in [0.1, 0.15) is 0 Å². The molecule has 2 rings (SSSR count). The molecular formula is C16H19NO. The first kappa shape index (κ1) is 12.8. The van der Waals surface area contributed by atoms with E-state index in [-0.39, 0.29) is 6.04 Å². The van der Waals surface area contributed by atoms with Gasteiger partial charge in [0.15, 0.2) is 0 Å². The summed E-state index contributed by atoms with van der Waals surface area (Å²) in [5.41, 5.74) is 5.57. The number of benzene rings is 2. The lowest BCUT2D eigenvalue weighted by Crippen LogP contribution is -2.20. The Morgan fingerprint density at radius 2 is 1.56 bits per heavy atom. The molecule has 18 heavy (non-hydrogen) atoms. The minimum Gasteiger partial charge on any atom is -0.296 e. The highest BCUT2D eigenvalue weighted by atomic mass is 16.6. The minimum absolute atomic E-state index is 0.245. The SMILES string of the molecule is CCC(NOCc1ccccc1)c1ccccc1. The van der Waals surface area contributed by atoms with E-state index >= 15 is 0 Å². The van der Waals surface area contributed by atoms with Crippen LogP contribution in [0.5, 0.6) is 0 Å². The van der Waals surface area contributed by atoms with Crippen molar-refractivity contribution in [1.82, 2.24) is 5.48 Å². The normalized spacial score (nSPS) is 12.3. The summed E-state index contributed by atoms with van der Waals surface area (Å²) in [6.45, 7) is 2.74. The molecule has 0 heterocycles. The fraction of sp³-hybridized carbons (Fsp3) is 0.250. The first-order chi connectivity index (χ1) is 8.90. The Hall–Kier alpha value is -1.64. The van der Waals surface area contributed by atoms with E-state index < -0.39 is 0 Å². The van der Waals surface area contributed by atoms with Crippen LogP contribution in [0.15, 0.2) is 60.7 Å². The summed E-state index contributed by atoms with van der Waals surface area (Å²) < 4.78 is 0. The van der Waals surface area contributed by atoms with Crippen LogP contribution in [-0.2, 0) is 11.4 Å². The highest BCUT2D eigenvalue weighted by Gasteiger charge is 2.07. The quantitative estimate of drug-likeness (QED) is 0.775. The van der Waals surface area contributed by atoms with Crippen molar-refractivity contribution in [1.29, 1.82) is 0 Å². The van der Waals surface area contributed by atoms with Gasteiger partial charge in [0, 0.05) is 0 Å². The largest absolute Gasteiger partial charge is 0.296 e. The lowest BCUT2D eigenvalue weighted by Gasteiger charge is -2.17. The van der Waals surface area contributed by atoms with Crippen LogP contribution < -0.4 is 5.48 Å². The maximum Gasteiger partial charge on any atom is 0.0933 e. The van der Waals surface area contributed by atoms with Crippen LogP contribution in [0.2, 0.25) is 0 Å². The first-order valence-electron chi connectivity index (χ1n) is 6.36. The van der Waals surface area contributed by atoms with E-state index in [9.17, 15) is 0 Å². The van der Waals surface area contributed by atoms with Gasteiger partial charge in [-0.1, -0.05) is 67.6 Å². The molecule has 94 valence electrons. The van der Waals surface area contributed by atoms with Gasteiger partial charge >= 0.3 is 0 Å². The third-order valence-electron chi connectivity index (χ3n) is 2.92. The van der Waals surface area contributed by atoms with E-state index in [2.05, 4.69) is 48.8 Å². The van der Waals surface area contributed by atoms with E-state index in [0.717, 1.165) is 6.42 Å². The van der Waals surface area contributed by atoms with Crippen molar-refractivity contribution in [2.24, 2.45) is 0 Å². The fourth-order valence-corrected chi connectivity index (χ4v) is 1.87. The Kier molecular flexibility index (Phi) is 4.94. The molecule has 0 aliphatic rings. The van der Waals surface area contributed by atoms with Crippen molar-refractivity contribution in [3.63, 3.8) is 0 Å². The number of nitrogens with one attached hydrogen (secondary N) is 1. The summed E-state index contributed by atoms with van der Waals surface area (Å²) in [6, 6.07) is 20.8. The molecule has 0 spiro atoms. The van der Waals surface area contributed by atoms with Gasteiger partial charge in [-0.25, -0.2) is 0 Å². The zero-order valence-electron chi connectivity index (χ0n) is 10.7. The van der Waals surface area contributed by atoms with Crippen LogP contribution in [0.3, 0.4) is 0 Å². The molecule has 2 nitrogen and oxygen atoms in total. The highest BCUT2D eigenvalue weighted by Crippen LogP contribution is 2.16. The molecule has 2 aromatic rings. The number of hydrogen-bond donors (Lipinski definition) is 1. The predicted octanol–water partition coefficient (Wildman–Crippen LogP) is 3.86. The molecule has 0 saturated heterocycles. The molecule has 0 aliphatic carbocycles. The van der Waals surface area contributed by atoms with E-state index in [1.54, 1.807) is 0 Å². The Balaban J connectivity index is 1.85. The maximum absolute atomic E-state index is 5.58. The molecular weight excluding hydrogens is 222 g/mol. The van der Waals surface area contributed by atoms with Gasteiger partial charge in [-0.3, -0.25) is 4.84 Å². The number of rotatable bonds is 6. The van der Waals surface area contributed by atoms with Crippen molar-refractivity contribution in [2.45, 2.75) is 26.0 Å². The summed E-state index contributed by atoms with van der Waals surface area (Å²) in [6.07, 6.45) is 0.999. The van der Waals surface area contributed by atoms with E-state index in [0.29, 0.717) is 6.61 Å². The Morgan fingerprint density at radius 3 is 2.17 bits per heavy atom. The van der Waals surface area contributed by atoms with Gasteiger partial charge in [-0.15, -0.1) is 0 Å². The lowest BCUT2D eigenvalue weighted by molar-refractivity contribution is 0.00203. The molecule has 0 radical (unpaired) electrons. The molecule has 0 bridgehead atoms. The monoisotopic (exact) mass is 241 g/mol. The van der Waals surface area contributed by atoms with Crippen molar-refractivity contribution in [3.05, 3.63) is 71.8 Å². The average molecular weight is 241 g/mol. The summed E-state index contributed by atoms with van der Waals surface area (Å²) >= 11 is 0. The molecule has 0 saturated carbocycles. The number of hydrogen-bond acceptors (Lipinski definition) is 2. The van der Waals surface area contributed by atoms with Crippen molar-refractivity contribution >= 4 is 0 Å². The molecule has 0 amide bonds. The molecule has 0 fully saturated rings. The molecule has 1 unspecified atom stereocenters. The Bertz CT molecular complexity index is 441. The van der Waals surface area contributed by atoms with Gasteiger partial charge in [0.2, 0.25) is 0 Å². The van der Waals surface area contributed by atoms with E-state index in [4.69, 9.17) is 4.84 Å². The zero-order chi connectivity index (χ0) is 12.6. The van der Waals surface area contributed by atoms with Gasteiger partial charge in [0.25, 0.3) is 0 Å². The average Bonchev–Trinajstić information content (AvgIpc) is 2.46. The van der Waals surface area contributed by atoms with Gasteiger partial charge in [0.05, 0.1) is 12.6 Å². The third kappa shape index (κ3) is 3.69. The van der Waals surface area contributed by atoms with Gasteiger partial charge < -0.3 is 0 Å². The maximum atomic E-state index is 5.58. The highest BCUT2D eigenvalue weighted by molar-refractivity contribution is 5.18. The van der Waals surface area contributed by atoms with Crippen molar-refractivity contribution in [2.75, 3.05) is 0 Å². The van der Waals surface area contributed by atoms with E-state index in [1.165, 1.54) is 11.1 Å². The van der Waals surface area contributed by atoms with Crippen LogP contribution in [0.4, 0.5) is 0 Å². The van der Waals surface area contributed by atoms with Crippen LogP contribution in [0.1, 0.15) is 30.5 Å². The molecule has 2 heteroatoms. The zero-order valence-corrected chi connectivity index (χ0v) is 10.7. The van der Waals surface area contributed by atoms with E-state index in [1.807, 2.05) is 24.3 Å². The van der Waals surface area contributed by atoms with Crippen molar-refractivity contribution in [3.8, 4) is 0 Å². The molecule has 0 aromatic heterocycles. The lowest BCUT2D eigenvalue weighted by atomic mass is 10.1. The van der Waals surface area contributed by atoms with Crippen LogP contribution in [-0.4, -0.2) is 0 Å². The molecule has 2 aromatic carbocycles. The topological polar surface area (TPSA) is 21.3 Å². The summed E-state index contributed by atoms with van der Waals surface area (Å²) in [5, 5.41) is 0. The molecule has 1 N–H and O–H groups in total. The number of hydroxylamine groups is 1. The summed E-state index contributed by atoms with van der Waals surface area (Å²) in [7, 11) is 0. The minimum atomic E-state index is 0.245. The van der Waals surface area contributed by atoms with Gasteiger partial charge in [-0.05, 0) is 17.5 Å². The smallest absolute Gasteiger partial charge is 0.0933 e. The predicted molar refractivity (Wildman–Crippen MR) is 73.8 cm³/mol. The summed E-state index contributed by atoms with van der Waals surface area (Å²) in [5.74, 6) is 0. The van der Waals surface area contributed by atoms with Gasteiger partial charge in [-0.2, -0.15) is 5.48 Å². The van der Waals surface area contributed by atoms with Crippen LogP contribution >= 0.6 is 0 Å². The second kappa shape index (κ2) is 6.94. The van der Waals surface area contributed by atoms with Crippen molar-refractivity contribution < 1.29 is 4.84 Å². The third-order valence-corrected chi connectivity index (χ3v) is 2.92. The Labute approximate surface area is 109 Å². The van der Waals surface area contributed by atoms with Crippen LogP contribution in [0, 0.1) is 0 Å². The Morgan fingerprint density at radius 1 is 0.944 bits per heavy atom. The standard InChI is InChI=1S/C16H19NO/c1-2-16(15-11-7-4-8-12-15)17-18-13-14-9-5-3-6-10-14/h3-12,16-17H,2,13H2,1H3. The molecule has 1 atom stereocenters.